The van der Waals surface area contributed by atoms with Crippen molar-refractivity contribution >= 4 is 34.9 Å². The largest absolute Gasteiger partial charge is 0.545 e. The summed E-state index contributed by atoms with van der Waals surface area (Å²) in [5, 5.41) is 16.3. The van der Waals surface area contributed by atoms with Crippen molar-refractivity contribution in [2.75, 3.05) is 5.32 Å². The van der Waals surface area contributed by atoms with Crippen molar-refractivity contribution in [1.82, 2.24) is 5.32 Å². The van der Waals surface area contributed by atoms with Crippen LogP contribution < -0.4 is 20.5 Å². The van der Waals surface area contributed by atoms with Crippen LogP contribution in [0.15, 0.2) is 48.5 Å². The number of anilines is 1. The number of amides is 1. The topological polar surface area (TPSA) is 90.5 Å². The number of nitrogens with one attached hydrogen (secondary N) is 2. The number of para-hydroxylation sites is 1. The highest BCUT2D eigenvalue weighted by Crippen LogP contribution is 2.16. The monoisotopic (exact) mass is 371 g/mol. The fourth-order valence-corrected chi connectivity index (χ4v) is 2.30. The number of rotatable bonds is 6. The zero-order valence-electron chi connectivity index (χ0n) is 14.4. The highest BCUT2D eigenvalue weighted by Gasteiger charge is 2.10. The van der Waals surface area contributed by atoms with Crippen molar-refractivity contribution in [3.63, 3.8) is 0 Å². The molecule has 0 aliphatic heterocycles. The van der Waals surface area contributed by atoms with E-state index in [2.05, 4.69) is 10.6 Å². The lowest BCUT2D eigenvalue weighted by Crippen LogP contribution is -2.35. The summed E-state index contributed by atoms with van der Waals surface area (Å²) in [6.07, 6.45) is 0.977. The van der Waals surface area contributed by atoms with Crippen molar-refractivity contribution in [2.45, 2.75) is 26.4 Å². The lowest BCUT2D eigenvalue weighted by Gasteiger charge is -2.14. The van der Waals surface area contributed by atoms with E-state index in [9.17, 15) is 14.7 Å². The Morgan fingerprint density at radius 1 is 1.15 bits per heavy atom. The molecule has 0 saturated carbocycles. The minimum Gasteiger partial charge on any atom is -0.545 e. The molecule has 2 aromatic rings. The van der Waals surface area contributed by atoms with Crippen LogP contribution in [0.4, 0.5) is 5.69 Å². The van der Waals surface area contributed by atoms with E-state index in [1.54, 1.807) is 36.4 Å². The third kappa shape index (κ3) is 5.29. The smallest absolute Gasteiger partial charge is 0.257 e. The molecule has 2 N–H and O–H groups in total. The molecule has 0 aromatic heterocycles. The van der Waals surface area contributed by atoms with E-state index in [-0.39, 0.29) is 22.5 Å². The van der Waals surface area contributed by atoms with Crippen molar-refractivity contribution in [3.8, 4) is 5.75 Å². The Balaban J connectivity index is 1.99. The molecule has 136 valence electrons. The van der Waals surface area contributed by atoms with Gasteiger partial charge in [0.15, 0.2) is 5.11 Å². The molecule has 0 fully saturated rings. The quantitative estimate of drug-likeness (QED) is 0.758. The number of carbonyl (C=O) groups excluding carboxylic acids is 2. The second-order valence-electron chi connectivity index (χ2n) is 5.60. The Kier molecular flexibility index (Phi) is 6.68. The highest BCUT2D eigenvalue weighted by atomic mass is 32.1. The van der Waals surface area contributed by atoms with Gasteiger partial charge in [-0.15, -0.1) is 0 Å². The predicted octanol–water partition coefficient (Wildman–Crippen LogP) is 2.35. The lowest BCUT2D eigenvalue weighted by atomic mass is 10.2. The van der Waals surface area contributed by atoms with Crippen molar-refractivity contribution in [3.05, 3.63) is 59.7 Å². The molecule has 0 aliphatic carbocycles. The van der Waals surface area contributed by atoms with Crippen LogP contribution in [0.2, 0.25) is 0 Å². The fourth-order valence-electron chi connectivity index (χ4n) is 2.10. The Morgan fingerprint density at radius 2 is 1.81 bits per heavy atom. The number of carbonyl (C=O) groups is 2. The van der Waals surface area contributed by atoms with Crippen molar-refractivity contribution in [2.24, 2.45) is 0 Å². The molecule has 0 bridgehead atoms. The first-order valence-electron chi connectivity index (χ1n) is 8.10. The van der Waals surface area contributed by atoms with Crippen LogP contribution in [0.25, 0.3) is 0 Å². The maximum absolute atomic E-state index is 12.2. The standard InChI is InChI=1S/C19H20N2O4S/c1-3-12(2)25-14-10-8-13(9-11-14)17(22)21-19(26)20-16-7-5-4-6-15(16)18(23)24/h4-12H,3H2,1-2H3,(H,23,24)(H2,20,21,22,26)/p-1/t12-/m1/s1. The molecule has 1 amide bonds. The van der Waals surface area contributed by atoms with Gasteiger partial charge in [-0.2, -0.15) is 0 Å². The first-order chi connectivity index (χ1) is 12.4. The van der Waals surface area contributed by atoms with Gasteiger partial charge in [0.1, 0.15) is 5.75 Å². The Morgan fingerprint density at radius 3 is 2.42 bits per heavy atom. The summed E-state index contributed by atoms with van der Waals surface area (Å²) in [4.78, 5) is 23.3. The molecule has 2 rings (SSSR count). The summed E-state index contributed by atoms with van der Waals surface area (Å²) in [5.41, 5.74) is 0.601. The minimum atomic E-state index is -1.33. The van der Waals surface area contributed by atoms with E-state index < -0.39 is 11.9 Å². The number of carboxylic acids is 1. The number of aromatic carboxylic acids is 1. The summed E-state index contributed by atoms with van der Waals surface area (Å²) >= 11 is 5.08. The van der Waals surface area contributed by atoms with Crippen LogP contribution >= 0.6 is 12.2 Å². The third-order valence-corrected chi connectivity index (χ3v) is 3.86. The van der Waals surface area contributed by atoms with Gasteiger partial charge in [-0.3, -0.25) is 10.1 Å². The van der Waals surface area contributed by atoms with Crippen molar-refractivity contribution < 1.29 is 19.4 Å². The number of benzene rings is 2. The molecule has 0 heterocycles. The second kappa shape index (κ2) is 8.96. The van der Waals surface area contributed by atoms with E-state index >= 15 is 0 Å². The first kappa shape index (κ1) is 19.4. The normalized spacial score (nSPS) is 11.3. The number of carboxylic acid groups (broad SMARTS) is 1. The first-order valence-corrected chi connectivity index (χ1v) is 8.51. The van der Waals surface area contributed by atoms with Gasteiger partial charge >= 0.3 is 0 Å². The zero-order chi connectivity index (χ0) is 19.1. The van der Waals surface area contributed by atoms with Crippen LogP contribution in [-0.4, -0.2) is 23.1 Å². The average molecular weight is 371 g/mol. The number of hydrogen-bond donors (Lipinski definition) is 2. The van der Waals surface area contributed by atoms with E-state index in [4.69, 9.17) is 17.0 Å². The fraction of sp³-hybridized carbons (Fsp3) is 0.211. The van der Waals surface area contributed by atoms with Crippen LogP contribution in [0, 0.1) is 0 Å². The van der Waals surface area contributed by atoms with E-state index in [0.29, 0.717) is 11.3 Å². The summed E-state index contributed by atoms with van der Waals surface area (Å²) < 4.78 is 5.66. The van der Waals surface area contributed by atoms with Gasteiger partial charge in [-0.1, -0.05) is 25.1 Å². The molecule has 0 spiro atoms. The third-order valence-electron chi connectivity index (χ3n) is 3.65. The van der Waals surface area contributed by atoms with Gasteiger partial charge in [-0.25, -0.2) is 0 Å². The molecular weight excluding hydrogens is 352 g/mol. The van der Waals surface area contributed by atoms with Crippen LogP contribution in [0.3, 0.4) is 0 Å². The minimum absolute atomic E-state index is 0.0105. The van der Waals surface area contributed by atoms with E-state index in [1.807, 2.05) is 13.8 Å². The van der Waals surface area contributed by atoms with Crippen LogP contribution in [0.5, 0.6) is 5.75 Å². The molecule has 2 aromatic carbocycles. The number of hydrogen-bond acceptors (Lipinski definition) is 5. The van der Waals surface area contributed by atoms with Crippen LogP contribution in [0.1, 0.15) is 41.0 Å². The summed E-state index contributed by atoms with van der Waals surface area (Å²) in [5.74, 6) is -1.07. The Bertz CT molecular complexity index is 805. The zero-order valence-corrected chi connectivity index (χ0v) is 15.3. The van der Waals surface area contributed by atoms with Crippen molar-refractivity contribution in [1.29, 1.82) is 0 Å². The van der Waals surface area contributed by atoms with Gasteiger partial charge in [0.2, 0.25) is 0 Å². The molecule has 6 nitrogen and oxygen atoms in total. The molecule has 1 atom stereocenters. The summed E-state index contributed by atoms with van der Waals surface area (Å²) in [6, 6.07) is 12.8. The molecule has 26 heavy (non-hydrogen) atoms. The molecule has 7 heteroatoms. The van der Waals surface area contributed by atoms with Gasteiger partial charge in [-0.05, 0) is 55.9 Å². The molecular formula is C19H19N2O4S-. The van der Waals surface area contributed by atoms with Gasteiger partial charge in [0.25, 0.3) is 5.91 Å². The number of thiocarbonyl (C=S) groups is 1. The number of ether oxygens (including phenoxy) is 1. The van der Waals surface area contributed by atoms with Gasteiger partial charge in [0, 0.05) is 16.8 Å². The summed E-state index contributed by atoms with van der Waals surface area (Å²) in [6.45, 7) is 3.99. The van der Waals surface area contributed by atoms with Gasteiger partial charge < -0.3 is 20.0 Å². The lowest BCUT2D eigenvalue weighted by molar-refractivity contribution is -0.254. The molecule has 0 unspecified atom stereocenters. The average Bonchev–Trinajstić information content (AvgIpc) is 2.62. The Hall–Kier alpha value is -2.93. The molecule has 0 aliphatic rings. The molecule has 0 saturated heterocycles. The van der Waals surface area contributed by atoms with E-state index in [0.717, 1.165) is 6.42 Å². The Labute approximate surface area is 157 Å². The predicted molar refractivity (Wildman–Crippen MR) is 101 cm³/mol. The molecule has 0 radical (unpaired) electrons. The van der Waals surface area contributed by atoms with E-state index in [1.165, 1.54) is 12.1 Å². The maximum atomic E-state index is 12.2. The maximum Gasteiger partial charge on any atom is 0.257 e. The SMILES string of the molecule is CC[C@@H](C)Oc1ccc(C(=O)NC(=S)Nc2ccccc2C(=O)[O-])cc1. The second-order valence-corrected chi connectivity index (χ2v) is 6.01. The van der Waals surface area contributed by atoms with Crippen LogP contribution in [-0.2, 0) is 0 Å². The highest BCUT2D eigenvalue weighted by molar-refractivity contribution is 7.80. The van der Waals surface area contributed by atoms with Gasteiger partial charge in [0.05, 0.1) is 12.1 Å². The summed E-state index contributed by atoms with van der Waals surface area (Å²) in [7, 11) is 0.